The molecular formula is C24H62O7. The van der Waals surface area contributed by atoms with E-state index in [4.69, 9.17) is 18.9 Å². The van der Waals surface area contributed by atoms with Crippen molar-refractivity contribution in [3.63, 3.8) is 0 Å². The first-order chi connectivity index (χ1) is 11.5. The molecule has 2 aliphatic rings. The Morgan fingerprint density at radius 1 is 0.581 bits per heavy atom. The average molecular weight is 463 g/mol. The molecule has 200 valence electrons. The van der Waals surface area contributed by atoms with Crippen molar-refractivity contribution in [1.29, 1.82) is 0 Å². The van der Waals surface area contributed by atoms with Gasteiger partial charge in [0, 0.05) is 0 Å². The highest BCUT2D eigenvalue weighted by Crippen LogP contribution is 2.17. The first-order valence-electron chi connectivity index (χ1n) is 10.0. The molecule has 7 nitrogen and oxygen atoms in total. The van der Waals surface area contributed by atoms with Gasteiger partial charge in [0.1, 0.15) is 0 Å². The fourth-order valence-electron chi connectivity index (χ4n) is 1.35. The van der Waals surface area contributed by atoms with Gasteiger partial charge in [0.2, 0.25) is 0 Å². The highest BCUT2D eigenvalue weighted by atomic mass is 16.7. The molecule has 31 heavy (non-hydrogen) atoms. The second kappa shape index (κ2) is 21.6. The fourth-order valence-corrected chi connectivity index (χ4v) is 1.35. The van der Waals surface area contributed by atoms with Gasteiger partial charge in [-0.2, -0.15) is 0 Å². The second-order valence-corrected chi connectivity index (χ2v) is 10.5. The van der Waals surface area contributed by atoms with E-state index >= 15 is 0 Å². The van der Waals surface area contributed by atoms with Crippen molar-refractivity contribution in [1.82, 2.24) is 0 Å². The van der Waals surface area contributed by atoms with E-state index in [2.05, 4.69) is 55.4 Å². The fraction of sp³-hybridized carbons (Fsp3) is 1.00. The maximum atomic E-state index is 5.24. The van der Waals surface area contributed by atoms with E-state index in [-0.39, 0.29) is 42.9 Å². The third kappa shape index (κ3) is 48.4. The molecule has 0 unspecified atom stereocenters. The Bertz CT molecular complexity index is 321. The topological polar surface area (TPSA) is 131 Å². The van der Waals surface area contributed by atoms with E-state index < -0.39 is 0 Å². The lowest BCUT2D eigenvalue weighted by Crippen LogP contribution is -2.33. The maximum absolute atomic E-state index is 5.24. The molecule has 0 saturated carbocycles. The molecule has 0 aromatic rings. The third-order valence-corrected chi connectivity index (χ3v) is 3.23. The summed E-state index contributed by atoms with van der Waals surface area (Å²) in [6.07, 6.45) is 2.30. The standard InChI is InChI=1S/C6H12O2.C6H14.C5H10O2.C5H12.2CH4.3H2O/c1-6(2)7-4-3-5-8-6;1-5-6(2,3)4;1-5(2)6-3-4-7-5;1-5(2,3)4;;;;;/h3-5H2,1-2H3;5H2,1-4H3;3-4H2,1-2H3;1-4H3;2*1H4;3*1H2. The van der Waals surface area contributed by atoms with Gasteiger partial charge in [0.05, 0.1) is 26.4 Å². The van der Waals surface area contributed by atoms with E-state index in [9.17, 15) is 0 Å². The van der Waals surface area contributed by atoms with Crippen LogP contribution in [0.3, 0.4) is 0 Å². The van der Waals surface area contributed by atoms with Gasteiger partial charge in [-0.05, 0) is 44.9 Å². The summed E-state index contributed by atoms with van der Waals surface area (Å²) in [6.45, 7) is 28.6. The van der Waals surface area contributed by atoms with E-state index in [1.807, 2.05) is 27.7 Å². The Labute approximate surface area is 195 Å². The summed E-state index contributed by atoms with van der Waals surface area (Å²) in [4.78, 5) is 0. The van der Waals surface area contributed by atoms with Crippen LogP contribution in [0.2, 0.25) is 0 Å². The van der Waals surface area contributed by atoms with Crippen LogP contribution in [0.15, 0.2) is 0 Å². The van der Waals surface area contributed by atoms with Crippen LogP contribution in [-0.2, 0) is 18.9 Å². The molecule has 7 heteroatoms. The summed E-state index contributed by atoms with van der Waals surface area (Å²) >= 11 is 0. The minimum Gasteiger partial charge on any atom is -0.412 e. The highest BCUT2D eigenvalue weighted by Gasteiger charge is 2.23. The van der Waals surface area contributed by atoms with Crippen LogP contribution in [-0.4, -0.2) is 54.4 Å². The lowest BCUT2D eigenvalue weighted by Gasteiger charge is -2.29. The molecular weight excluding hydrogens is 400 g/mol. The third-order valence-electron chi connectivity index (χ3n) is 3.23. The normalized spacial score (nSPS) is 17.8. The van der Waals surface area contributed by atoms with E-state index in [0.29, 0.717) is 10.8 Å². The zero-order valence-electron chi connectivity index (χ0n) is 21.4. The summed E-state index contributed by atoms with van der Waals surface area (Å²) in [5.41, 5.74) is 1.04. The lowest BCUT2D eigenvalue weighted by atomic mass is 9.94. The van der Waals surface area contributed by atoms with Gasteiger partial charge in [0.15, 0.2) is 11.6 Å². The summed E-state index contributed by atoms with van der Waals surface area (Å²) in [6, 6.07) is 0. The van der Waals surface area contributed by atoms with Gasteiger partial charge in [-0.25, -0.2) is 0 Å². The predicted octanol–water partition coefficient (Wildman–Crippen LogP) is 5.22. The zero-order valence-corrected chi connectivity index (χ0v) is 21.4. The van der Waals surface area contributed by atoms with Crippen molar-refractivity contribution < 1.29 is 35.4 Å². The largest absolute Gasteiger partial charge is 0.412 e. The molecule has 0 bridgehead atoms. The lowest BCUT2D eigenvalue weighted by molar-refractivity contribution is -0.244. The van der Waals surface area contributed by atoms with Gasteiger partial charge >= 0.3 is 0 Å². The number of hydrogen-bond acceptors (Lipinski definition) is 4. The second-order valence-electron chi connectivity index (χ2n) is 10.5. The first kappa shape index (κ1) is 48.2. The molecule has 0 aliphatic carbocycles. The van der Waals surface area contributed by atoms with Crippen LogP contribution in [0, 0.1) is 10.8 Å². The van der Waals surface area contributed by atoms with Crippen LogP contribution in [0.25, 0.3) is 0 Å². The molecule has 2 rings (SSSR count). The summed E-state index contributed by atoms with van der Waals surface area (Å²) < 4.78 is 20.7. The average Bonchev–Trinajstić information content (AvgIpc) is 2.82. The maximum Gasteiger partial charge on any atom is 0.162 e. The van der Waals surface area contributed by atoms with Crippen molar-refractivity contribution in [2.24, 2.45) is 10.8 Å². The van der Waals surface area contributed by atoms with E-state index in [1.54, 1.807) is 0 Å². The molecule has 2 aliphatic heterocycles. The Hall–Kier alpha value is -0.280. The molecule has 0 amide bonds. The van der Waals surface area contributed by atoms with Crippen LogP contribution in [0.1, 0.15) is 111 Å². The van der Waals surface area contributed by atoms with E-state index in [0.717, 1.165) is 32.8 Å². The smallest absolute Gasteiger partial charge is 0.162 e. The molecule has 0 aromatic heterocycles. The molecule has 6 N–H and O–H groups in total. The molecule has 2 heterocycles. The Kier molecular flexibility index (Phi) is 33.5. The predicted molar refractivity (Wildman–Crippen MR) is 136 cm³/mol. The summed E-state index contributed by atoms with van der Waals surface area (Å²) in [5.74, 6) is -0.627. The zero-order chi connectivity index (χ0) is 21.1. The molecule has 0 radical (unpaired) electrons. The quantitative estimate of drug-likeness (QED) is 0.488. The van der Waals surface area contributed by atoms with Gasteiger partial charge in [0.25, 0.3) is 0 Å². The Morgan fingerprint density at radius 3 is 0.871 bits per heavy atom. The molecule has 2 fully saturated rings. The summed E-state index contributed by atoms with van der Waals surface area (Å²) in [5, 5.41) is 0. The Balaban J connectivity index is -0.0000000477. The first-order valence-corrected chi connectivity index (χ1v) is 10.0. The van der Waals surface area contributed by atoms with E-state index in [1.165, 1.54) is 6.42 Å². The van der Waals surface area contributed by atoms with Crippen molar-refractivity contribution in [2.75, 3.05) is 26.4 Å². The molecule has 0 spiro atoms. The Morgan fingerprint density at radius 2 is 0.774 bits per heavy atom. The van der Waals surface area contributed by atoms with Crippen molar-refractivity contribution in [2.45, 2.75) is 122 Å². The van der Waals surface area contributed by atoms with Crippen molar-refractivity contribution in [3.8, 4) is 0 Å². The van der Waals surface area contributed by atoms with Gasteiger partial charge < -0.3 is 35.4 Å². The van der Waals surface area contributed by atoms with Crippen LogP contribution in [0.5, 0.6) is 0 Å². The van der Waals surface area contributed by atoms with Crippen LogP contribution < -0.4 is 0 Å². The van der Waals surface area contributed by atoms with Crippen LogP contribution >= 0.6 is 0 Å². The number of hydrogen-bond donors (Lipinski definition) is 0. The van der Waals surface area contributed by atoms with Crippen molar-refractivity contribution in [3.05, 3.63) is 0 Å². The molecule has 0 aromatic carbocycles. The SMILES string of the molecule is C.C.CC(C)(C)C.CC1(C)OCCCO1.CC1(C)OCCO1.CCC(C)(C)C.O.O.O. The summed E-state index contributed by atoms with van der Waals surface area (Å²) in [7, 11) is 0. The number of rotatable bonds is 0. The van der Waals surface area contributed by atoms with Gasteiger partial charge in [-0.15, -0.1) is 0 Å². The minimum absolute atomic E-state index is 0. The highest BCUT2D eigenvalue weighted by molar-refractivity contribution is 4.59. The minimum atomic E-state index is -0.321. The number of ether oxygens (including phenoxy) is 4. The van der Waals surface area contributed by atoms with Gasteiger partial charge in [-0.1, -0.05) is 76.7 Å². The molecule has 0 atom stereocenters. The van der Waals surface area contributed by atoms with Crippen molar-refractivity contribution >= 4 is 0 Å². The van der Waals surface area contributed by atoms with Gasteiger partial charge in [-0.3, -0.25) is 0 Å². The molecule has 2 saturated heterocycles. The van der Waals surface area contributed by atoms with Crippen LogP contribution in [0.4, 0.5) is 0 Å². The monoisotopic (exact) mass is 462 g/mol.